The van der Waals surface area contributed by atoms with Crippen LogP contribution in [0, 0.1) is 0 Å². The summed E-state index contributed by atoms with van der Waals surface area (Å²) in [6, 6.07) is 3.89. The second-order valence-corrected chi connectivity index (χ2v) is 7.39. The quantitative estimate of drug-likeness (QED) is 0.725. The molecule has 3 aromatic heterocycles. The van der Waals surface area contributed by atoms with Crippen molar-refractivity contribution in [3.63, 3.8) is 0 Å². The summed E-state index contributed by atoms with van der Waals surface area (Å²) in [5.41, 5.74) is 2.85. The first kappa shape index (κ1) is 16.2. The highest BCUT2D eigenvalue weighted by Crippen LogP contribution is 2.34. The lowest BCUT2D eigenvalue weighted by atomic mass is 10.1. The molecule has 1 fully saturated rings. The Morgan fingerprint density at radius 1 is 1.11 bits per heavy atom. The number of aryl methyl sites for hydroxylation is 2. The number of anilines is 2. The molecule has 1 amide bonds. The number of carbonyl (C=O) groups excluding carboxylic acids is 1. The fourth-order valence-electron chi connectivity index (χ4n) is 4.12. The average molecular weight is 366 g/mol. The number of carbonyl (C=O) groups is 1. The van der Waals surface area contributed by atoms with Crippen molar-refractivity contribution in [2.45, 2.75) is 25.7 Å². The van der Waals surface area contributed by atoms with Crippen molar-refractivity contribution in [2.24, 2.45) is 7.05 Å². The predicted octanol–water partition coefficient (Wildman–Crippen LogP) is 1.91. The summed E-state index contributed by atoms with van der Waals surface area (Å²) in [5, 5.41) is 0. The first-order chi connectivity index (χ1) is 13.1. The first-order valence-corrected chi connectivity index (χ1v) is 9.45. The zero-order valence-electron chi connectivity index (χ0n) is 15.3. The molecule has 2 aliphatic rings. The molecule has 0 radical (unpaired) electrons. The Labute approximate surface area is 155 Å². The molecule has 0 unspecified atom stereocenters. The molecule has 27 heavy (non-hydrogen) atoms. The lowest BCUT2D eigenvalue weighted by molar-refractivity contribution is 0.0788. The fraction of sp³-hybridized carbons (Fsp3) is 0.421. The van der Waals surface area contributed by atoms with Crippen molar-refractivity contribution < 1.29 is 4.79 Å². The molecule has 8 heteroatoms. The molecule has 140 valence electrons. The number of aromatic amines is 2. The van der Waals surface area contributed by atoms with Gasteiger partial charge in [-0.1, -0.05) is 0 Å². The third-order valence-corrected chi connectivity index (χ3v) is 5.57. The number of rotatable bonds is 2. The van der Waals surface area contributed by atoms with E-state index in [-0.39, 0.29) is 11.5 Å². The van der Waals surface area contributed by atoms with Crippen molar-refractivity contribution in [1.29, 1.82) is 0 Å². The van der Waals surface area contributed by atoms with Gasteiger partial charge in [0.15, 0.2) is 0 Å². The number of nitrogens with zero attached hydrogens (tertiary/aromatic N) is 4. The molecule has 0 saturated carbocycles. The molecule has 0 bridgehead atoms. The van der Waals surface area contributed by atoms with E-state index in [0.29, 0.717) is 16.7 Å². The zero-order valence-corrected chi connectivity index (χ0v) is 15.3. The summed E-state index contributed by atoms with van der Waals surface area (Å²) >= 11 is 0. The summed E-state index contributed by atoms with van der Waals surface area (Å²) < 4.78 is 1.46. The van der Waals surface area contributed by atoms with E-state index < -0.39 is 0 Å². The minimum Gasteiger partial charge on any atom is -0.337 e. The minimum atomic E-state index is -0.0973. The molecule has 2 N–H and O–H groups in total. The van der Waals surface area contributed by atoms with Crippen LogP contribution in [0.1, 0.15) is 35.3 Å². The van der Waals surface area contributed by atoms with Gasteiger partial charge in [-0.05, 0) is 37.3 Å². The van der Waals surface area contributed by atoms with Crippen molar-refractivity contribution in [3.05, 3.63) is 40.1 Å². The van der Waals surface area contributed by atoms with E-state index in [4.69, 9.17) is 0 Å². The molecule has 0 aliphatic carbocycles. The van der Waals surface area contributed by atoms with Crippen LogP contribution < -0.4 is 10.5 Å². The van der Waals surface area contributed by atoms with Gasteiger partial charge in [-0.25, -0.2) is 4.98 Å². The van der Waals surface area contributed by atoms with E-state index in [1.807, 2.05) is 17.0 Å². The lowest BCUT2D eigenvalue weighted by Crippen LogP contribution is -2.28. The van der Waals surface area contributed by atoms with Crippen LogP contribution in [0.15, 0.2) is 23.3 Å². The highest BCUT2D eigenvalue weighted by Gasteiger charge is 2.27. The van der Waals surface area contributed by atoms with Crippen LogP contribution in [0.3, 0.4) is 0 Å². The number of fused-ring (bicyclic) bond motifs is 2. The standard InChI is InChI=1S/C19H22N6O2/c1-23-11-20-13-10-15(22-16(13)19(23)27)25-8-4-5-12-9-14(21-17(12)25)18(26)24-6-2-3-7-24/h9-11,21-22H,2-8H2,1H3. The van der Waals surface area contributed by atoms with Gasteiger partial charge in [0.05, 0.1) is 11.8 Å². The minimum absolute atomic E-state index is 0.0778. The normalized spacial score (nSPS) is 16.9. The number of H-pyrrole nitrogens is 2. The van der Waals surface area contributed by atoms with Gasteiger partial charge in [0.2, 0.25) is 0 Å². The molecule has 1 saturated heterocycles. The topological polar surface area (TPSA) is 90.0 Å². The van der Waals surface area contributed by atoms with E-state index >= 15 is 0 Å². The monoisotopic (exact) mass is 366 g/mol. The van der Waals surface area contributed by atoms with Crippen molar-refractivity contribution in [3.8, 4) is 0 Å². The highest BCUT2D eigenvalue weighted by molar-refractivity contribution is 5.94. The molecule has 2 aliphatic heterocycles. The number of nitrogens with one attached hydrogen (secondary N) is 2. The first-order valence-electron chi connectivity index (χ1n) is 9.45. The molecule has 0 spiro atoms. The van der Waals surface area contributed by atoms with Crippen molar-refractivity contribution in [1.82, 2.24) is 24.4 Å². The maximum absolute atomic E-state index is 12.7. The summed E-state index contributed by atoms with van der Waals surface area (Å²) in [6.07, 6.45) is 5.62. The molecular formula is C19H22N6O2. The van der Waals surface area contributed by atoms with Gasteiger partial charge in [0.25, 0.3) is 11.5 Å². The number of aromatic nitrogens is 4. The van der Waals surface area contributed by atoms with E-state index in [9.17, 15) is 9.59 Å². The SMILES string of the molecule is Cn1cnc2cc(N3CCCc4cc(C(=O)N5CCCC5)[nH]c43)[nH]c2c1=O. The third kappa shape index (κ3) is 2.55. The molecule has 0 aromatic carbocycles. The van der Waals surface area contributed by atoms with E-state index in [1.165, 1.54) is 10.9 Å². The predicted molar refractivity (Wildman–Crippen MR) is 103 cm³/mol. The van der Waals surface area contributed by atoms with Gasteiger partial charge in [-0.3, -0.25) is 9.59 Å². The second-order valence-electron chi connectivity index (χ2n) is 7.39. The summed E-state index contributed by atoms with van der Waals surface area (Å²) in [6.45, 7) is 2.49. The van der Waals surface area contributed by atoms with Gasteiger partial charge in [0.1, 0.15) is 22.8 Å². The molecular weight excluding hydrogens is 344 g/mol. The van der Waals surface area contributed by atoms with Crippen LogP contribution in [0.2, 0.25) is 0 Å². The van der Waals surface area contributed by atoms with Gasteiger partial charge < -0.3 is 24.3 Å². The maximum atomic E-state index is 12.7. The smallest absolute Gasteiger partial charge is 0.277 e. The third-order valence-electron chi connectivity index (χ3n) is 5.57. The Kier molecular flexibility index (Phi) is 3.60. The largest absolute Gasteiger partial charge is 0.337 e. The average Bonchev–Trinajstić information content (AvgIpc) is 3.42. The second kappa shape index (κ2) is 6.00. The van der Waals surface area contributed by atoms with Crippen molar-refractivity contribution in [2.75, 3.05) is 24.5 Å². The van der Waals surface area contributed by atoms with Gasteiger partial charge in [-0.15, -0.1) is 0 Å². The number of hydrogen-bond acceptors (Lipinski definition) is 4. The Morgan fingerprint density at radius 3 is 2.74 bits per heavy atom. The maximum Gasteiger partial charge on any atom is 0.277 e. The number of likely N-dealkylation sites (tertiary alicyclic amines) is 1. The van der Waals surface area contributed by atoms with Crippen LogP contribution in [0.5, 0.6) is 0 Å². The zero-order chi connectivity index (χ0) is 18.5. The summed E-state index contributed by atoms with van der Waals surface area (Å²) in [5.74, 6) is 1.84. The van der Waals surface area contributed by atoms with E-state index in [0.717, 1.165) is 62.5 Å². The van der Waals surface area contributed by atoms with Crippen molar-refractivity contribution >= 4 is 28.6 Å². The van der Waals surface area contributed by atoms with E-state index in [1.54, 1.807) is 7.05 Å². The van der Waals surface area contributed by atoms with Gasteiger partial charge >= 0.3 is 0 Å². The highest BCUT2D eigenvalue weighted by atomic mass is 16.2. The fourth-order valence-corrected chi connectivity index (χ4v) is 4.12. The Balaban J connectivity index is 1.54. The molecule has 5 rings (SSSR count). The Bertz CT molecular complexity index is 1090. The van der Waals surface area contributed by atoms with Crippen LogP contribution in [0.25, 0.3) is 11.0 Å². The van der Waals surface area contributed by atoms with Crippen LogP contribution in [0.4, 0.5) is 11.6 Å². The molecule has 8 nitrogen and oxygen atoms in total. The molecule has 5 heterocycles. The van der Waals surface area contributed by atoms with E-state index in [2.05, 4.69) is 19.9 Å². The molecule has 3 aromatic rings. The lowest BCUT2D eigenvalue weighted by Gasteiger charge is -2.27. The van der Waals surface area contributed by atoms with Crippen LogP contribution >= 0.6 is 0 Å². The van der Waals surface area contributed by atoms with Gasteiger partial charge in [-0.2, -0.15) is 0 Å². The summed E-state index contributed by atoms with van der Waals surface area (Å²) in [4.78, 5) is 40.0. The van der Waals surface area contributed by atoms with Crippen LogP contribution in [-0.4, -0.2) is 50.0 Å². The van der Waals surface area contributed by atoms with Crippen LogP contribution in [-0.2, 0) is 13.5 Å². The Morgan fingerprint density at radius 2 is 1.93 bits per heavy atom. The number of amides is 1. The number of hydrogen-bond donors (Lipinski definition) is 2. The summed E-state index contributed by atoms with van der Waals surface area (Å²) in [7, 11) is 1.69. The van der Waals surface area contributed by atoms with Gasteiger partial charge in [0, 0.05) is 32.7 Å². The Hall–Kier alpha value is -3.03. The molecule has 0 atom stereocenters.